The number of rotatable bonds is 6. The van der Waals surface area contributed by atoms with Crippen LogP contribution < -0.4 is 11.3 Å². The van der Waals surface area contributed by atoms with E-state index in [1.165, 1.54) is 18.2 Å². The van der Waals surface area contributed by atoms with E-state index in [1.54, 1.807) is 36.4 Å². The lowest BCUT2D eigenvalue weighted by Gasteiger charge is -2.16. The van der Waals surface area contributed by atoms with Gasteiger partial charge in [0.25, 0.3) is 11.6 Å². The van der Waals surface area contributed by atoms with Crippen LogP contribution in [0.2, 0.25) is 0 Å². The molecule has 0 bridgehead atoms. The van der Waals surface area contributed by atoms with Crippen LogP contribution in [0.15, 0.2) is 48.5 Å². The molecule has 0 aliphatic rings. The number of carbonyl (C=O) groups is 1. The van der Waals surface area contributed by atoms with Crippen molar-refractivity contribution in [3.05, 3.63) is 75.3 Å². The van der Waals surface area contributed by atoms with Crippen molar-refractivity contribution in [1.29, 1.82) is 5.26 Å². The number of amides is 1. The number of nitrogens with one attached hydrogen (secondary N) is 1. The summed E-state index contributed by atoms with van der Waals surface area (Å²) in [6, 6.07) is 14.6. The second-order valence-corrected chi connectivity index (χ2v) is 4.83. The van der Waals surface area contributed by atoms with E-state index in [9.17, 15) is 14.9 Å². The van der Waals surface area contributed by atoms with Gasteiger partial charge < -0.3 is 4.74 Å². The average Bonchev–Trinajstić information content (AvgIpc) is 2.62. The fraction of sp³-hybridized carbons (Fsp3) is 0.125. The van der Waals surface area contributed by atoms with Crippen LogP contribution in [-0.2, 0) is 16.1 Å². The van der Waals surface area contributed by atoms with Gasteiger partial charge >= 0.3 is 0 Å². The smallest absolute Gasteiger partial charge is 0.287 e. The Hall–Kier alpha value is -3.28. The Labute approximate surface area is 137 Å². The Kier molecular flexibility index (Phi) is 5.57. The fourth-order valence-corrected chi connectivity index (χ4v) is 2.12. The number of nitrogens with two attached hydrogens (primary N) is 1. The van der Waals surface area contributed by atoms with Crippen LogP contribution in [0.5, 0.6) is 0 Å². The molecule has 0 spiro atoms. The number of hydrogen-bond acceptors (Lipinski definition) is 6. The number of carbonyl (C=O) groups excluding carboxylic acids is 1. The molecule has 0 saturated heterocycles. The molecular formula is C16H14N4O4. The quantitative estimate of drug-likeness (QED) is 0.359. The van der Waals surface area contributed by atoms with Crippen molar-refractivity contribution in [2.75, 3.05) is 0 Å². The van der Waals surface area contributed by atoms with Crippen molar-refractivity contribution in [3.63, 3.8) is 0 Å². The van der Waals surface area contributed by atoms with E-state index < -0.39 is 16.9 Å². The van der Waals surface area contributed by atoms with Gasteiger partial charge in [-0.3, -0.25) is 20.3 Å². The van der Waals surface area contributed by atoms with Crippen LogP contribution in [0.3, 0.4) is 0 Å². The van der Waals surface area contributed by atoms with Gasteiger partial charge in [0.1, 0.15) is 11.6 Å². The highest BCUT2D eigenvalue weighted by Gasteiger charge is 2.21. The predicted octanol–water partition coefficient (Wildman–Crippen LogP) is 1.71. The van der Waals surface area contributed by atoms with E-state index in [0.717, 1.165) is 0 Å². The van der Waals surface area contributed by atoms with Crippen LogP contribution >= 0.6 is 0 Å². The topological polar surface area (TPSA) is 131 Å². The highest BCUT2D eigenvalue weighted by molar-refractivity contribution is 5.81. The van der Waals surface area contributed by atoms with Crippen LogP contribution in [0.4, 0.5) is 5.69 Å². The summed E-state index contributed by atoms with van der Waals surface area (Å²) in [5.74, 6) is 4.64. The zero-order chi connectivity index (χ0) is 17.5. The lowest BCUT2D eigenvalue weighted by molar-refractivity contribution is -0.385. The second-order valence-electron chi connectivity index (χ2n) is 4.83. The summed E-state index contributed by atoms with van der Waals surface area (Å²) in [7, 11) is 0. The van der Waals surface area contributed by atoms with Crippen LogP contribution in [0.1, 0.15) is 22.8 Å². The average molecular weight is 326 g/mol. The largest absolute Gasteiger partial charge is 0.359 e. The lowest BCUT2D eigenvalue weighted by atomic mass is 10.1. The van der Waals surface area contributed by atoms with Crippen molar-refractivity contribution < 1.29 is 14.5 Å². The van der Waals surface area contributed by atoms with Crippen molar-refractivity contribution in [1.82, 2.24) is 5.43 Å². The van der Waals surface area contributed by atoms with Crippen LogP contribution in [0, 0.1) is 21.4 Å². The third kappa shape index (κ3) is 3.92. The standard InChI is InChI=1S/C16H14N4O4/c17-9-13-7-6-11(8-14(13)20(22)23)10-24-15(16(21)19-18)12-4-2-1-3-5-12/h1-8,15H,10,18H2,(H,19,21). The molecule has 2 aromatic carbocycles. The number of hydrazine groups is 1. The molecular weight excluding hydrogens is 312 g/mol. The molecule has 0 aliphatic carbocycles. The first-order chi connectivity index (χ1) is 11.6. The zero-order valence-corrected chi connectivity index (χ0v) is 12.5. The van der Waals surface area contributed by atoms with Gasteiger partial charge in [-0.1, -0.05) is 36.4 Å². The molecule has 8 heteroatoms. The van der Waals surface area contributed by atoms with Gasteiger partial charge in [0.05, 0.1) is 11.5 Å². The molecule has 0 heterocycles. The first-order valence-corrected chi connectivity index (χ1v) is 6.91. The number of nitro groups is 1. The maximum atomic E-state index is 11.9. The number of nitro benzene ring substituents is 1. The first-order valence-electron chi connectivity index (χ1n) is 6.91. The summed E-state index contributed by atoms with van der Waals surface area (Å²) >= 11 is 0. The monoisotopic (exact) mass is 326 g/mol. The minimum absolute atomic E-state index is 0.0388. The highest BCUT2D eigenvalue weighted by Crippen LogP contribution is 2.23. The van der Waals surface area contributed by atoms with Gasteiger partial charge in [0, 0.05) is 6.07 Å². The summed E-state index contributed by atoms with van der Waals surface area (Å²) in [6.45, 7) is -0.0560. The number of benzene rings is 2. The Bertz CT molecular complexity index is 786. The lowest BCUT2D eigenvalue weighted by Crippen LogP contribution is -2.35. The van der Waals surface area contributed by atoms with Gasteiger partial charge in [-0.15, -0.1) is 0 Å². The van der Waals surface area contributed by atoms with Crippen LogP contribution in [-0.4, -0.2) is 10.8 Å². The SMILES string of the molecule is N#Cc1ccc(COC(C(=O)NN)c2ccccc2)cc1[N+](=O)[O-]. The van der Waals surface area contributed by atoms with Gasteiger partial charge in [-0.25, -0.2) is 5.84 Å². The van der Waals surface area contributed by atoms with E-state index in [1.807, 2.05) is 5.43 Å². The van der Waals surface area contributed by atoms with E-state index in [-0.39, 0.29) is 17.9 Å². The van der Waals surface area contributed by atoms with Crippen molar-refractivity contribution in [2.45, 2.75) is 12.7 Å². The molecule has 2 rings (SSSR count). The Morgan fingerprint density at radius 1 is 1.33 bits per heavy atom. The first kappa shape index (κ1) is 17.1. The number of hydrogen-bond donors (Lipinski definition) is 2. The molecule has 0 radical (unpaired) electrons. The van der Waals surface area contributed by atoms with E-state index >= 15 is 0 Å². The highest BCUT2D eigenvalue weighted by atomic mass is 16.6. The van der Waals surface area contributed by atoms with Crippen molar-refractivity contribution >= 4 is 11.6 Å². The van der Waals surface area contributed by atoms with E-state index in [2.05, 4.69) is 0 Å². The predicted molar refractivity (Wildman–Crippen MR) is 84.1 cm³/mol. The fourth-order valence-electron chi connectivity index (χ4n) is 2.12. The molecule has 24 heavy (non-hydrogen) atoms. The van der Waals surface area contributed by atoms with Crippen LogP contribution in [0.25, 0.3) is 0 Å². The Balaban J connectivity index is 2.21. The molecule has 8 nitrogen and oxygen atoms in total. The normalized spacial score (nSPS) is 11.3. The van der Waals surface area contributed by atoms with Gasteiger partial charge in [-0.05, 0) is 17.2 Å². The number of nitrogens with zero attached hydrogens (tertiary/aromatic N) is 2. The summed E-state index contributed by atoms with van der Waals surface area (Å²) in [5.41, 5.74) is 2.75. The minimum atomic E-state index is -0.953. The maximum Gasteiger partial charge on any atom is 0.287 e. The third-order valence-electron chi connectivity index (χ3n) is 3.28. The Morgan fingerprint density at radius 2 is 2.04 bits per heavy atom. The molecule has 0 aliphatic heterocycles. The zero-order valence-electron chi connectivity index (χ0n) is 12.5. The summed E-state index contributed by atoms with van der Waals surface area (Å²) in [6.07, 6.45) is -0.953. The molecule has 1 atom stereocenters. The molecule has 0 saturated carbocycles. The van der Waals surface area contributed by atoms with E-state index in [0.29, 0.717) is 11.1 Å². The summed E-state index contributed by atoms with van der Waals surface area (Å²) in [4.78, 5) is 22.2. The molecule has 3 N–H and O–H groups in total. The summed E-state index contributed by atoms with van der Waals surface area (Å²) in [5, 5.41) is 19.9. The summed E-state index contributed by atoms with van der Waals surface area (Å²) < 4.78 is 5.58. The Morgan fingerprint density at radius 3 is 2.62 bits per heavy atom. The minimum Gasteiger partial charge on any atom is -0.359 e. The number of ether oxygens (including phenoxy) is 1. The molecule has 1 unspecified atom stereocenters. The molecule has 122 valence electrons. The van der Waals surface area contributed by atoms with Gasteiger partial charge in [-0.2, -0.15) is 5.26 Å². The molecule has 1 amide bonds. The van der Waals surface area contributed by atoms with E-state index in [4.69, 9.17) is 15.8 Å². The van der Waals surface area contributed by atoms with Crippen molar-refractivity contribution in [3.8, 4) is 6.07 Å². The van der Waals surface area contributed by atoms with Crippen molar-refractivity contribution in [2.24, 2.45) is 5.84 Å². The van der Waals surface area contributed by atoms with Gasteiger partial charge in [0.2, 0.25) is 0 Å². The molecule has 0 fully saturated rings. The number of nitriles is 1. The maximum absolute atomic E-state index is 11.9. The third-order valence-corrected chi connectivity index (χ3v) is 3.28. The second kappa shape index (κ2) is 7.82. The molecule has 0 aromatic heterocycles. The molecule has 2 aromatic rings. The van der Waals surface area contributed by atoms with Gasteiger partial charge in [0.15, 0.2) is 6.10 Å².